The van der Waals surface area contributed by atoms with Crippen LogP contribution >= 0.6 is 0 Å². The van der Waals surface area contributed by atoms with Gasteiger partial charge in [-0.05, 0) is 24.6 Å². The molecule has 130 valence electrons. The topological polar surface area (TPSA) is 95.8 Å². The fourth-order valence-corrected chi connectivity index (χ4v) is 2.98. The number of imidazole rings is 1. The van der Waals surface area contributed by atoms with E-state index in [0.29, 0.717) is 16.1 Å². The van der Waals surface area contributed by atoms with Crippen molar-refractivity contribution >= 4 is 23.4 Å². The van der Waals surface area contributed by atoms with Gasteiger partial charge in [0.25, 0.3) is 11.8 Å². The Morgan fingerprint density at radius 3 is 2.62 bits per heavy atom. The van der Waals surface area contributed by atoms with Crippen LogP contribution in [0.4, 0.5) is 4.79 Å². The maximum Gasteiger partial charge on any atom is 0.344 e. The number of imide groups is 1. The Labute approximate surface area is 148 Å². The monoisotopic (exact) mass is 349 g/mol. The third kappa shape index (κ3) is 2.31. The van der Waals surface area contributed by atoms with Crippen molar-refractivity contribution in [3.05, 3.63) is 72.3 Å². The molecule has 3 heterocycles. The molecule has 1 fully saturated rings. The number of nitrogens with zero attached hydrogens (tertiary/aromatic N) is 3. The summed E-state index contributed by atoms with van der Waals surface area (Å²) in [4.78, 5) is 41.7. The van der Waals surface area contributed by atoms with E-state index < -0.39 is 23.4 Å². The van der Waals surface area contributed by atoms with Crippen LogP contribution in [0.2, 0.25) is 0 Å². The summed E-state index contributed by atoms with van der Waals surface area (Å²) >= 11 is 0. The second-order valence-corrected chi connectivity index (χ2v) is 6.09. The number of amides is 4. The number of hydrogen-bond acceptors (Lipinski definition) is 4. The zero-order valence-corrected chi connectivity index (χ0v) is 13.8. The Balaban J connectivity index is 1.61. The summed E-state index contributed by atoms with van der Waals surface area (Å²) in [7, 11) is 0. The van der Waals surface area contributed by atoms with Crippen molar-refractivity contribution in [3.8, 4) is 0 Å². The van der Waals surface area contributed by atoms with Crippen LogP contribution in [0.5, 0.6) is 0 Å². The predicted molar refractivity (Wildman–Crippen MR) is 91.8 cm³/mol. The molecular weight excluding hydrogens is 334 g/mol. The summed E-state index contributed by atoms with van der Waals surface area (Å²) in [5, 5.41) is 3.33. The van der Waals surface area contributed by atoms with Gasteiger partial charge in [0.05, 0.1) is 5.52 Å². The van der Waals surface area contributed by atoms with Gasteiger partial charge in [-0.3, -0.25) is 15.0 Å². The normalized spacial score (nSPS) is 19.7. The first-order chi connectivity index (χ1) is 12.5. The lowest BCUT2D eigenvalue weighted by Gasteiger charge is -2.21. The van der Waals surface area contributed by atoms with Crippen molar-refractivity contribution in [2.24, 2.45) is 0 Å². The number of benzene rings is 1. The van der Waals surface area contributed by atoms with Gasteiger partial charge in [-0.15, -0.1) is 0 Å². The molecule has 2 N–H and O–H groups in total. The third-order valence-corrected chi connectivity index (χ3v) is 4.41. The highest BCUT2D eigenvalue weighted by Crippen LogP contribution is 2.27. The minimum absolute atomic E-state index is 0.125. The van der Waals surface area contributed by atoms with Gasteiger partial charge in [-0.1, -0.05) is 36.4 Å². The summed E-state index contributed by atoms with van der Waals surface area (Å²) in [5.41, 5.74) is 2.43. The van der Waals surface area contributed by atoms with Crippen molar-refractivity contribution in [1.29, 1.82) is 0 Å². The minimum Gasteiger partial charge on any atom is -0.318 e. The average Bonchev–Trinajstić information content (AvgIpc) is 3.18. The summed E-state index contributed by atoms with van der Waals surface area (Å²) in [6, 6.07) is 13.5. The van der Waals surface area contributed by atoms with E-state index in [1.54, 1.807) is 60.0 Å². The highest BCUT2D eigenvalue weighted by Gasteiger charge is 2.50. The molecule has 1 atom stereocenters. The number of pyridine rings is 1. The van der Waals surface area contributed by atoms with E-state index >= 15 is 0 Å². The molecule has 1 saturated heterocycles. The summed E-state index contributed by atoms with van der Waals surface area (Å²) in [6.07, 6.45) is 3.24. The van der Waals surface area contributed by atoms with Crippen LogP contribution in [-0.4, -0.2) is 32.2 Å². The van der Waals surface area contributed by atoms with Gasteiger partial charge >= 0.3 is 6.03 Å². The van der Waals surface area contributed by atoms with E-state index in [4.69, 9.17) is 0 Å². The average molecular weight is 349 g/mol. The highest BCUT2D eigenvalue weighted by molar-refractivity contribution is 6.10. The van der Waals surface area contributed by atoms with E-state index in [1.165, 1.54) is 6.33 Å². The van der Waals surface area contributed by atoms with Gasteiger partial charge in [0.2, 0.25) is 0 Å². The zero-order chi connectivity index (χ0) is 18.3. The van der Waals surface area contributed by atoms with Gasteiger partial charge in [-0.2, -0.15) is 5.01 Å². The molecule has 4 rings (SSSR count). The Morgan fingerprint density at radius 1 is 1.12 bits per heavy atom. The first-order valence-electron chi connectivity index (χ1n) is 7.95. The number of hydrazine groups is 1. The number of nitrogens with one attached hydrogen (secondary N) is 2. The second kappa shape index (κ2) is 5.69. The fourth-order valence-electron chi connectivity index (χ4n) is 2.98. The van der Waals surface area contributed by atoms with E-state index in [1.807, 2.05) is 6.07 Å². The van der Waals surface area contributed by atoms with Crippen molar-refractivity contribution in [2.45, 2.75) is 12.5 Å². The Hall–Kier alpha value is -3.68. The Bertz CT molecular complexity index is 1030. The largest absolute Gasteiger partial charge is 0.344 e. The van der Waals surface area contributed by atoms with Gasteiger partial charge in [0.1, 0.15) is 11.9 Å². The molecular formula is C18H15N5O3. The smallest absolute Gasteiger partial charge is 0.318 e. The number of fused-ring (bicyclic) bond motifs is 1. The number of hydrogen-bond donors (Lipinski definition) is 2. The molecule has 0 bridgehead atoms. The lowest BCUT2D eigenvalue weighted by Crippen LogP contribution is -2.48. The first kappa shape index (κ1) is 15.8. The van der Waals surface area contributed by atoms with Crippen LogP contribution in [0.1, 0.15) is 23.0 Å². The Morgan fingerprint density at radius 2 is 1.85 bits per heavy atom. The summed E-state index contributed by atoms with van der Waals surface area (Å²) in [6.45, 7) is 1.60. The van der Waals surface area contributed by atoms with E-state index in [9.17, 15) is 14.4 Å². The number of rotatable bonds is 3. The molecule has 0 spiro atoms. The minimum atomic E-state index is -1.25. The molecule has 0 aliphatic carbocycles. The van der Waals surface area contributed by atoms with Crippen LogP contribution in [0, 0.1) is 0 Å². The predicted octanol–water partition coefficient (Wildman–Crippen LogP) is 1.45. The van der Waals surface area contributed by atoms with Crippen LogP contribution < -0.4 is 10.7 Å². The molecule has 1 aliphatic heterocycles. The summed E-state index contributed by atoms with van der Waals surface area (Å²) in [5.74, 6) is -1.20. The molecule has 1 unspecified atom stereocenters. The second-order valence-electron chi connectivity index (χ2n) is 6.09. The quantitative estimate of drug-likeness (QED) is 0.700. The molecule has 26 heavy (non-hydrogen) atoms. The molecule has 1 aromatic carbocycles. The van der Waals surface area contributed by atoms with Crippen molar-refractivity contribution in [3.63, 3.8) is 0 Å². The van der Waals surface area contributed by atoms with Crippen molar-refractivity contribution < 1.29 is 14.4 Å². The lowest BCUT2D eigenvalue weighted by atomic mass is 9.92. The standard InChI is InChI=1S/C18H15N5O3/c1-18(12-7-3-2-4-8-12)16(25)23(17(26)20-18)21-15(24)14-13-9-5-6-10-22(13)11-19-14/h2-11H,1H3,(H,20,26)(H,21,24). The molecule has 0 radical (unpaired) electrons. The molecule has 3 aromatic rings. The molecule has 8 heteroatoms. The third-order valence-electron chi connectivity index (χ3n) is 4.41. The van der Waals surface area contributed by atoms with Crippen LogP contribution in [0.3, 0.4) is 0 Å². The zero-order valence-electron chi connectivity index (χ0n) is 13.8. The van der Waals surface area contributed by atoms with E-state index in [2.05, 4.69) is 15.7 Å². The van der Waals surface area contributed by atoms with Crippen molar-refractivity contribution in [1.82, 2.24) is 25.1 Å². The van der Waals surface area contributed by atoms with Crippen LogP contribution in [-0.2, 0) is 10.3 Å². The molecule has 2 aromatic heterocycles. The van der Waals surface area contributed by atoms with E-state index in [-0.39, 0.29) is 5.69 Å². The van der Waals surface area contributed by atoms with Crippen LogP contribution in [0.15, 0.2) is 61.1 Å². The number of carbonyl (C=O) groups excluding carboxylic acids is 3. The number of aromatic nitrogens is 2. The lowest BCUT2D eigenvalue weighted by molar-refractivity contribution is -0.132. The highest BCUT2D eigenvalue weighted by atomic mass is 16.2. The first-order valence-corrected chi connectivity index (χ1v) is 7.95. The molecule has 0 saturated carbocycles. The number of carbonyl (C=O) groups is 3. The van der Waals surface area contributed by atoms with Crippen LogP contribution in [0.25, 0.3) is 5.52 Å². The van der Waals surface area contributed by atoms with Gasteiger partial charge in [-0.25, -0.2) is 9.78 Å². The van der Waals surface area contributed by atoms with Gasteiger partial charge in [0, 0.05) is 6.20 Å². The van der Waals surface area contributed by atoms with E-state index in [0.717, 1.165) is 0 Å². The van der Waals surface area contributed by atoms with Gasteiger partial charge in [0.15, 0.2) is 5.69 Å². The Kier molecular flexibility index (Phi) is 3.47. The maximum atomic E-state index is 12.8. The molecule has 1 aliphatic rings. The SMILES string of the molecule is CC1(c2ccccc2)NC(=O)N(NC(=O)c2ncn3ccccc23)C1=O. The number of urea groups is 1. The fraction of sp³-hybridized carbons (Fsp3) is 0.111. The molecule has 4 amide bonds. The maximum absolute atomic E-state index is 12.8. The van der Waals surface area contributed by atoms with Gasteiger partial charge < -0.3 is 9.72 Å². The molecule has 8 nitrogen and oxygen atoms in total. The summed E-state index contributed by atoms with van der Waals surface area (Å²) < 4.78 is 1.68. The van der Waals surface area contributed by atoms with Crippen molar-refractivity contribution in [2.75, 3.05) is 0 Å².